The number of fused-ring (bicyclic) bond motifs is 1. The SMILES string of the molecule is CC[C@@H](C)NC(=O)CCc1cc2cc(C)ccc2[nH]c1=O. The Morgan fingerprint density at radius 1 is 1.33 bits per heavy atom. The van der Waals surface area contributed by atoms with Gasteiger partial charge < -0.3 is 10.3 Å². The predicted octanol–water partition coefficient (Wildman–Crippen LogP) is 2.68. The maximum Gasteiger partial charge on any atom is 0.251 e. The van der Waals surface area contributed by atoms with Crippen molar-refractivity contribution in [3.63, 3.8) is 0 Å². The minimum absolute atomic E-state index is 0.00640. The van der Waals surface area contributed by atoms with E-state index in [1.165, 1.54) is 0 Å². The molecule has 1 aromatic carbocycles. The van der Waals surface area contributed by atoms with E-state index in [-0.39, 0.29) is 17.5 Å². The van der Waals surface area contributed by atoms with Crippen molar-refractivity contribution >= 4 is 16.8 Å². The summed E-state index contributed by atoms with van der Waals surface area (Å²) in [5, 5.41) is 3.92. The van der Waals surface area contributed by atoms with Gasteiger partial charge in [-0.2, -0.15) is 0 Å². The van der Waals surface area contributed by atoms with Crippen molar-refractivity contribution in [2.24, 2.45) is 0 Å². The molecule has 112 valence electrons. The minimum Gasteiger partial charge on any atom is -0.354 e. The lowest BCUT2D eigenvalue weighted by molar-refractivity contribution is -0.121. The third kappa shape index (κ3) is 3.94. The van der Waals surface area contributed by atoms with Crippen LogP contribution in [0.15, 0.2) is 29.1 Å². The Hall–Kier alpha value is -2.10. The molecule has 0 unspecified atom stereocenters. The highest BCUT2D eigenvalue weighted by atomic mass is 16.1. The second kappa shape index (κ2) is 6.57. The first-order valence-electron chi connectivity index (χ1n) is 7.41. The van der Waals surface area contributed by atoms with E-state index in [1.54, 1.807) is 0 Å². The van der Waals surface area contributed by atoms with Gasteiger partial charge in [-0.1, -0.05) is 18.6 Å². The maximum atomic E-state index is 12.0. The summed E-state index contributed by atoms with van der Waals surface area (Å²) in [6.07, 6.45) is 1.70. The van der Waals surface area contributed by atoms with Crippen LogP contribution in [0.1, 0.15) is 37.8 Å². The molecule has 0 spiro atoms. The Morgan fingerprint density at radius 2 is 2.10 bits per heavy atom. The number of nitrogens with one attached hydrogen (secondary N) is 2. The Kier molecular flexibility index (Phi) is 4.78. The third-order valence-electron chi connectivity index (χ3n) is 3.72. The highest BCUT2D eigenvalue weighted by molar-refractivity contribution is 5.80. The van der Waals surface area contributed by atoms with Crippen LogP contribution in [0.2, 0.25) is 0 Å². The molecule has 2 aromatic rings. The van der Waals surface area contributed by atoms with Crippen LogP contribution >= 0.6 is 0 Å². The molecule has 1 amide bonds. The minimum atomic E-state index is -0.109. The molecule has 2 N–H and O–H groups in total. The highest BCUT2D eigenvalue weighted by Crippen LogP contribution is 2.13. The van der Waals surface area contributed by atoms with E-state index in [4.69, 9.17) is 0 Å². The maximum absolute atomic E-state index is 12.0. The summed E-state index contributed by atoms with van der Waals surface area (Å²) in [5.74, 6) is -0.00640. The fourth-order valence-corrected chi connectivity index (χ4v) is 2.25. The van der Waals surface area contributed by atoms with E-state index >= 15 is 0 Å². The summed E-state index contributed by atoms with van der Waals surface area (Å²) < 4.78 is 0. The second-order valence-electron chi connectivity index (χ2n) is 5.59. The van der Waals surface area contributed by atoms with Crippen molar-refractivity contribution in [2.75, 3.05) is 0 Å². The molecule has 2 rings (SSSR count). The summed E-state index contributed by atoms with van der Waals surface area (Å²) in [5.41, 5.74) is 2.53. The Balaban J connectivity index is 2.13. The lowest BCUT2D eigenvalue weighted by Crippen LogP contribution is -2.32. The Bertz CT molecular complexity index is 703. The molecular formula is C17H22N2O2. The predicted molar refractivity (Wildman–Crippen MR) is 85.5 cm³/mol. The molecule has 0 fully saturated rings. The Morgan fingerprint density at radius 3 is 2.81 bits per heavy atom. The highest BCUT2D eigenvalue weighted by Gasteiger charge is 2.08. The number of rotatable bonds is 5. The first-order chi connectivity index (χ1) is 9.99. The molecule has 1 aromatic heterocycles. The standard InChI is InChI=1S/C17H22N2O2/c1-4-12(3)18-16(20)8-6-13-10-14-9-11(2)5-7-15(14)19-17(13)21/h5,7,9-10,12H,4,6,8H2,1-3H3,(H,18,20)(H,19,21)/t12-/m1/s1. The molecule has 1 atom stereocenters. The van der Waals surface area contributed by atoms with E-state index in [0.29, 0.717) is 18.4 Å². The van der Waals surface area contributed by atoms with Gasteiger partial charge in [0.2, 0.25) is 5.91 Å². The van der Waals surface area contributed by atoms with Crippen molar-refractivity contribution < 1.29 is 4.79 Å². The topological polar surface area (TPSA) is 62.0 Å². The zero-order valence-corrected chi connectivity index (χ0v) is 12.8. The quantitative estimate of drug-likeness (QED) is 0.887. The molecule has 0 aliphatic heterocycles. The lowest BCUT2D eigenvalue weighted by atomic mass is 10.1. The smallest absolute Gasteiger partial charge is 0.251 e. The summed E-state index contributed by atoms with van der Waals surface area (Å²) in [4.78, 5) is 26.7. The largest absolute Gasteiger partial charge is 0.354 e. The van der Waals surface area contributed by atoms with Gasteiger partial charge in [0.25, 0.3) is 5.56 Å². The summed E-state index contributed by atoms with van der Waals surface area (Å²) in [6, 6.07) is 7.98. The van der Waals surface area contributed by atoms with Crippen LogP contribution in [0.5, 0.6) is 0 Å². The summed E-state index contributed by atoms with van der Waals surface area (Å²) in [7, 11) is 0. The van der Waals surface area contributed by atoms with Crippen molar-refractivity contribution in [1.29, 1.82) is 0 Å². The number of amides is 1. The number of pyridine rings is 1. The van der Waals surface area contributed by atoms with Gasteiger partial charge in [0.05, 0.1) is 0 Å². The van der Waals surface area contributed by atoms with Gasteiger partial charge in [-0.3, -0.25) is 9.59 Å². The van der Waals surface area contributed by atoms with Crippen LogP contribution in [-0.2, 0) is 11.2 Å². The van der Waals surface area contributed by atoms with Gasteiger partial charge in [-0.25, -0.2) is 0 Å². The number of carbonyl (C=O) groups excluding carboxylic acids is 1. The van der Waals surface area contributed by atoms with E-state index < -0.39 is 0 Å². The average molecular weight is 286 g/mol. The number of aryl methyl sites for hydroxylation is 2. The number of aromatic nitrogens is 1. The first kappa shape index (κ1) is 15.3. The van der Waals surface area contributed by atoms with Crippen molar-refractivity contribution in [1.82, 2.24) is 10.3 Å². The number of benzene rings is 1. The molecule has 0 aliphatic rings. The first-order valence-corrected chi connectivity index (χ1v) is 7.41. The Labute approximate surface area is 124 Å². The van der Waals surface area contributed by atoms with E-state index in [1.807, 2.05) is 45.0 Å². The fourth-order valence-electron chi connectivity index (χ4n) is 2.25. The van der Waals surface area contributed by atoms with E-state index in [0.717, 1.165) is 22.9 Å². The van der Waals surface area contributed by atoms with Gasteiger partial charge in [-0.05, 0) is 50.3 Å². The molecule has 4 nitrogen and oxygen atoms in total. The van der Waals surface area contributed by atoms with Crippen molar-refractivity contribution in [2.45, 2.75) is 46.1 Å². The molecule has 1 heterocycles. The molecule has 0 saturated heterocycles. The third-order valence-corrected chi connectivity index (χ3v) is 3.72. The summed E-state index contributed by atoms with van der Waals surface area (Å²) in [6.45, 7) is 6.02. The number of hydrogen-bond acceptors (Lipinski definition) is 2. The fraction of sp³-hybridized carbons (Fsp3) is 0.412. The molecule has 0 bridgehead atoms. The van der Waals surface area contributed by atoms with E-state index in [2.05, 4.69) is 10.3 Å². The zero-order chi connectivity index (χ0) is 15.4. The van der Waals surface area contributed by atoms with Gasteiger partial charge in [0.15, 0.2) is 0 Å². The van der Waals surface area contributed by atoms with Crippen molar-refractivity contribution in [3.8, 4) is 0 Å². The molecule has 21 heavy (non-hydrogen) atoms. The number of hydrogen-bond donors (Lipinski definition) is 2. The number of aromatic amines is 1. The molecule has 4 heteroatoms. The van der Waals surface area contributed by atoms with Crippen molar-refractivity contribution in [3.05, 3.63) is 45.7 Å². The number of carbonyl (C=O) groups is 1. The van der Waals surface area contributed by atoms with Crippen LogP contribution < -0.4 is 10.9 Å². The van der Waals surface area contributed by atoms with Gasteiger partial charge in [-0.15, -0.1) is 0 Å². The normalized spacial score (nSPS) is 12.3. The number of H-pyrrole nitrogens is 1. The van der Waals surface area contributed by atoms with Gasteiger partial charge in [0.1, 0.15) is 0 Å². The van der Waals surface area contributed by atoms with E-state index in [9.17, 15) is 9.59 Å². The lowest BCUT2D eigenvalue weighted by Gasteiger charge is -2.11. The average Bonchev–Trinajstić information content (AvgIpc) is 2.45. The molecule has 0 aliphatic carbocycles. The van der Waals surface area contributed by atoms with Gasteiger partial charge in [0, 0.05) is 23.5 Å². The summed E-state index contributed by atoms with van der Waals surface area (Å²) >= 11 is 0. The zero-order valence-electron chi connectivity index (χ0n) is 12.8. The van der Waals surface area contributed by atoms with Crippen LogP contribution in [0.25, 0.3) is 10.9 Å². The molecular weight excluding hydrogens is 264 g/mol. The van der Waals surface area contributed by atoms with Gasteiger partial charge >= 0.3 is 0 Å². The van der Waals surface area contributed by atoms with Crippen LogP contribution in [0.3, 0.4) is 0 Å². The van der Waals surface area contributed by atoms with Crippen LogP contribution in [0, 0.1) is 6.92 Å². The molecule has 0 saturated carbocycles. The molecule has 0 radical (unpaired) electrons. The van der Waals surface area contributed by atoms with Crippen LogP contribution in [-0.4, -0.2) is 16.9 Å². The van der Waals surface area contributed by atoms with Crippen LogP contribution in [0.4, 0.5) is 0 Å². The monoisotopic (exact) mass is 286 g/mol. The second-order valence-corrected chi connectivity index (χ2v) is 5.59.